The minimum absolute atomic E-state index is 0.103. The van der Waals surface area contributed by atoms with Crippen molar-refractivity contribution >= 4 is 6.09 Å². The van der Waals surface area contributed by atoms with E-state index in [1.165, 1.54) is 7.11 Å². The number of carbonyl (C=O) groups is 1. The molecule has 0 spiro atoms. The molecule has 0 aromatic heterocycles. The molecule has 0 radical (unpaired) electrons. The summed E-state index contributed by atoms with van der Waals surface area (Å²) in [6.07, 6.45) is -0.588. The van der Waals surface area contributed by atoms with Crippen LogP contribution < -0.4 is 5.32 Å². The van der Waals surface area contributed by atoms with E-state index in [-0.39, 0.29) is 20.0 Å². The number of hydrogen-bond donors (Lipinski definition) is 2. The number of ether oxygens (including phenoxy) is 3. The second-order valence-electron chi connectivity index (χ2n) is 5.10. The number of amides is 1. The number of nitrogens with one attached hydrogen (secondary N) is 1. The topological polar surface area (TPSA) is 77.0 Å². The highest BCUT2D eigenvalue weighted by Crippen LogP contribution is 2.10. The van der Waals surface area contributed by atoms with Crippen LogP contribution in [0.2, 0.25) is 0 Å². The van der Waals surface area contributed by atoms with Crippen LogP contribution in [0.1, 0.15) is 27.7 Å². The monoisotopic (exact) mass is 249 g/mol. The summed E-state index contributed by atoms with van der Waals surface area (Å²) in [6.45, 7) is 6.95. The first-order valence-electron chi connectivity index (χ1n) is 5.41. The average Bonchev–Trinajstić information content (AvgIpc) is 2.15. The smallest absolute Gasteiger partial charge is 0.408 e. The number of hydrogen-bond acceptors (Lipinski definition) is 5. The summed E-state index contributed by atoms with van der Waals surface area (Å²) in [5.41, 5.74) is -1.46. The third-order valence-corrected chi connectivity index (χ3v) is 1.77. The quantitative estimate of drug-likeness (QED) is 0.540. The molecule has 0 aliphatic carbocycles. The van der Waals surface area contributed by atoms with Crippen LogP contribution >= 0.6 is 0 Å². The molecule has 0 fully saturated rings. The lowest BCUT2D eigenvalue weighted by Gasteiger charge is -2.30. The highest BCUT2D eigenvalue weighted by Gasteiger charge is 2.28. The molecule has 0 aromatic carbocycles. The Bertz CT molecular complexity index is 239. The maximum absolute atomic E-state index is 11.5. The number of rotatable bonds is 6. The molecule has 0 saturated carbocycles. The molecule has 0 heterocycles. The van der Waals surface area contributed by atoms with Crippen molar-refractivity contribution in [1.29, 1.82) is 0 Å². The van der Waals surface area contributed by atoms with Crippen LogP contribution in [-0.2, 0) is 14.2 Å². The Kier molecular flexibility index (Phi) is 6.44. The number of alkyl carbamates (subject to hydrolysis) is 1. The van der Waals surface area contributed by atoms with Crippen LogP contribution in [0.15, 0.2) is 0 Å². The first kappa shape index (κ1) is 16.1. The molecular weight excluding hydrogens is 226 g/mol. The van der Waals surface area contributed by atoms with Crippen molar-refractivity contribution in [3.63, 3.8) is 0 Å². The maximum Gasteiger partial charge on any atom is 0.408 e. The van der Waals surface area contributed by atoms with Gasteiger partial charge in [0.15, 0.2) is 0 Å². The van der Waals surface area contributed by atoms with Gasteiger partial charge in [-0.05, 0) is 27.7 Å². The van der Waals surface area contributed by atoms with E-state index in [1.54, 1.807) is 27.7 Å². The molecule has 0 rings (SSSR count). The molecule has 0 aromatic rings. The van der Waals surface area contributed by atoms with Gasteiger partial charge in [-0.2, -0.15) is 0 Å². The summed E-state index contributed by atoms with van der Waals surface area (Å²) < 4.78 is 14.9. The SMILES string of the molecule is COCOC[C@](C)(CO)NC(=O)OC(C)(C)C. The van der Waals surface area contributed by atoms with Crippen LogP contribution in [0.4, 0.5) is 4.79 Å². The van der Waals surface area contributed by atoms with Gasteiger partial charge in [0.25, 0.3) is 0 Å². The first-order chi connectivity index (χ1) is 7.72. The molecule has 2 N–H and O–H groups in total. The van der Waals surface area contributed by atoms with Crippen LogP contribution in [-0.4, -0.2) is 49.5 Å². The van der Waals surface area contributed by atoms with Crippen molar-refractivity contribution in [2.45, 2.75) is 38.8 Å². The lowest BCUT2D eigenvalue weighted by molar-refractivity contribution is -0.0596. The van der Waals surface area contributed by atoms with E-state index in [0.29, 0.717) is 0 Å². The highest BCUT2D eigenvalue weighted by atomic mass is 16.7. The second kappa shape index (κ2) is 6.78. The molecule has 102 valence electrons. The summed E-state index contributed by atoms with van der Waals surface area (Å²) in [6, 6.07) is 0. The maximum atomic E-state index is 11.5. The van der Waals surface area contributed by atoms with Crippen molar-refractivity contribution in [3.05, 3.63) is 0 Å². The lowest BCUT2D eigenvalue weighted by atomic mass is 10.1. The van der Waals surface area contributed by atoms with E-state index in [0.717, 1.165) is 0 Å². The fourth-order valence-electron chi connectivity index (χ4n) is 1.02. The Labute approximate surface area is 102 Å². The van der Waals surface area contributed by atoms with Crippen molar-refractivity contribution in [1.82, 2.24) is 5.32 Å². The van der Waals surface area contributed by atoms with Crippen LogP contribution in [0, 0.1) is 0 Å². The molecule has 0 unspecified atom stereocenters. The zero-order valence-electron chi connectivity index (χ0n) is 11.2. The first-order valence-corrected chi connectivity index (χ1v) is 5.41. The Morgan fingerprint density at radius 2 is 1.88 bits per heavy atom. The average molecular weight is 249 g/mol. The van der Waals surface area contributed by atoms with Gasteiger partial charge in [-0.25, -0.2) is 4.79 Å². The number of carbonyl (C=O) groups excluding carboxylic acids is 1. The highest BCUT2D eigenvalue weighted by molar-refractivity contribution is 5.68. The van der Waals surface area contributed by atoms with E-state index in [9.17, 15) is 9.90 Å². The zero-order valence-corrected chi connectivity index (χ0v) is 11.2. The molecular formula is C11H23NO5. The summed E-state index contributed by atoms with van der Waals surface area (Å²) in [5.74, 6) is 0. The van der Waals surface area contributed by atoms with E-state index >= 15 is 0 Å². The lowest BCUT2D eigenvalue weighted by Crippen LogP contribution is -2.53. The second-order valence-corrected chi connectivity index (χ2v) is 5.10. The molecule has 0 bridgehead atoms. The molecule has 0 saturated heterocycles. The van der Waals surface area contributed by atoms with E-state index < -0.39 is 17.2 Å². The zero-order chi connectivity index (χ0) is 13.5. The Morgan fingerprint density at radius 3 is 2.29 bits per heavy atom. The summed E-state index contributed by atoms with van der Waals surface area (Å²) in [4.78, 5) is 11.5. The fourth-order valence-corrected chi connectivity index (χ4v) is 1.02. The van der Waals surface area contributed by atoms with E-state index in [2.05, 4.69) is 5.32 Å². The molecule has 6 nitrogen and oxygen atoms in total. The summed E-state index contributed by atoms with van der Waals surface area (Å²) >= 11 is 0. The fraction of sp³-hybridized carbons (Fsp3) is 0.909. The summed E-state index contributed by atoms with van der Waals surface area (Å²) in [7, 11) is 1.50. The third kappa shape index (κ3) is 7.95. The van der Waals surface area contributed by atoms with Gasteiger partial charge >= 0.3 is 6.09 Å². The Balaban J connectivity index is 4.22. The van der Waals surface area contributed by atoms with Gasteiger partial charge in [-0.3, -0.25) is 0 Å². The Morgan fingerprint density at radius 1 is 1.29 bits per heavy atom. The van der Waals surface area contributed by atoms with Crippen LogP contribution in [0.25, 0.3) is 0 Å². The van der Waals surface area contributed by atoms with Crippen molar-refractivity contribution < 1.29 is 24.1 Å². The number of aliphatic hydroxyl groups is 1. The minimum atomic E-state index is -0.888. The van der Waals surface area contributed by atoms with E-state index in [4.69, 9.17) is 14.2 Å². The third-order valence-electron chi connectivity index (χ3n) is 1.77. The Hall–Kier alpha value is -0.850. The number of methoxy groups -OCH3 is 1. The molecule has 0 aliphatic heterocycles. The van der Waals surface area contributed by atoms with Crippen LogP contribution in [0.3, 0.4) is 0 Å². The van der Waals surface area contributed by atoms with Crippen LogP contribution in [0.5, 0.6) is 0 Å². The van der Waals surface area contributed by atoms with Gasteiger partial charge in [0.1, 0.15) is 12.4 Å². The predicted octanol–water partition coefficient (Wildman–Crippen LogP) is 0.883. The molecule has 0 aliphatic rings. The normalized spacial score (nSPS) is 15.2. The predicted molar refractivity (Wildman–Crippen MR) is 62.7 cm³/mol. The number of aliphatic hydroxyl groups excluding tert-OH is 1. The largest absolute Gasteiger partial charge is 0.444 e. The molecule has 17 heavy (non-hydrogen) atoms. The van der Waals surface area contributed by atoms with Gasteiger partial charge in [0.05, 0.1) is 18.8 Å². The molecule has 1 atom stereocenters. The van der Waals surface area contributed by atoms with Gasteiger partial charge < -0.3 is 24.6 Å². The van der Waals surface area contributed by atoms with Crippen molar-refractivity contribution in [3.8, 4) is 0 Å². The van der Waals surface area contributed by atoms with Gasteiger partial charge in [-0.1, -0.05) is 0 Å². The minimum Gasteiger partial charge on any atom is -0.444 e. The molecule has 1 amide bonds. The van der Waals surface area contributed by atoms with Crippen molar-refractivity contribution in [2.24, 2.45) is 0 Å². The van der Waals surface area contributed by atoms with E-state index in [1.807, 2.05) is 0 Å². The van der Waals surface area contributed by atoms with Gasteiger partial charge in [0, 0.05) is 7.11 Å². The van der Waals surface area contributed by atoms with Crippen molar-refractivity contribution in [2.75, 3.05) is 27.1 Å². The summed E-state index contributed by atoms with van der Waals surface area (Å²) in [5, 5.41) is 11.8. The van der Waals surface area contributed by atoms with Gasteiger partial charge in [-0.15, -0.1) is 0 Å². The van der Waals surface area contributed by atoms with Gasteiger partial charge in [0.2, 0.25) is 0 Å². The molecule has 6 heteroatoms. The standard InChI is InChI=1S/C11H23NO5/c1-10(2,3)17-9(14)12-11(4,6-13)7-16-8-15-5/h13H,6-8H2,1-5H3,(H,12,14)/t11-/m0/s1.